The van der Waals surface area contributed by atoms with Crippen molar-refractivity contribution in [1.29, 1.82) is 0 Å². The van der Waals surface area contributed by atoms with Gasteiger partial charge in [0.05, 0.1) is 12.2 Å². The Morgan fingerprint density at radius 3 is 1.78 bits per heavy atom. The molecule has 0 amide bonds. The van der Waals surface area contributed by atoms with Gasteiger partial charge in [0.1, 0.15) is 0 Å². The van der Waals surface area contributed by atoms with Crippen molar-refractivity contribution in [3.63, 3.8) is 0 Å². The molecule has 2 unspecified atom stereocenters. The van der Waals surface area contributed by atoms with Crippen LogP contribution in [0.2, 0.25) is 54.4 Å². The molecule has 282 valence electrons. The number of hydrogen-bond acceptors (Lipinski definition) is 4. The number of hydrogen-bond donors (Lipinski definition) is 0. The van der Waals surface area contributed by atoms with Crippen molar-refractivity contribution in [2.75, 3.05) is 0 Å². The van der Waals surface area contributed by atoms with E-state index >= 15 is 0 Å². The predicted molar refractivity (Wildman–Crippen MR) is 220 cm³/mol. The fourth-order valence-corrected chi connectivity index (χ4v) is 10.5. The van der Waals surface area contributed by atoms with Gasteiger partial charge in [0.25, 0.3) is 0 Å². The van der Waals surface area contributed by atoms with Crippen LogP contribution in [0.4, 0.5) is 0 Å². The Morgan fingerprint density at radius 2 is 1.29 bits per heavy atom. The quantitative estimate of drug-likeness (QED) is 0.0648. The molecular weight excluding hydrogens is 676 g/mol. The molecule has 0 radical (unpaired) electrons. The molecule has 5 atom stereocenters. The highest BCUT2D eigenvalue weighted by Gasteiger charge is 2.51. The summed E-state index contributed by atoms with van der Waals surface area (Å²) >= 11 is 5.62. The molecule has 1 aromatic carbocycles. The average Bonchev–Trinajstić information content (AvgIpc) is 3.24. The molecule has 1 aliphatic rings. The predicted octanol–water partition coefficient (Wildman–Crippen LogP) is 13.1. The van der Waals surface area contributed by atoms with Crippen molar-refractivity contribution in [3.8, 4) is 0 Å². The third-order valence-corrected chi connectivity index (χ3v) is 26.2. The lowest BCUT2D eigenvalue weighted by Gasteiger charge is -2.41. The van der Waals surface area contributed by atoms with Crippen LogP contribution in [0.5, 0.6) is 0 Å². The highest BCUT2D eigenvalue weighted by molar-refractivity contribution is 6.75. The zero-order valence-corrected chi connectivity index (χ0v) is 38.1. The molecule has 8 heteroatoms. The van der Waals surface area contributed by atoms with Crippen LogP contribution in [-0.2, 0) is 24.5 Å². The molecule has 1 fully saturated rings. The number of halogens is 1. The third kappa shape index (κ3) is 13.7. The average molecular weight is 752 g/mol. The molecular formula is C41H75ClO4Si3. The summed E-state index contributed by atoms with van der Waals surface area (Å²) in [6.07, 6.45) is 13.3. The molecule has 0 heterocycles. The molecule has 0 aliphatic heterocycles. The molecule has 0 N–H and O–H groups in total. The lowest BCUT2D eigenvalue weighted by atomic mass is 9.85. The topological polar surface area (TPSA) is 44.8 Å². The molecule has 0 aromatic heterocycles. The van der Waals surface area contributed by atoms with Crippen molar-refractivity contribution in [1.82, 2.24) is 0 Å². The molecule has 0 saturated heterocycles. The van der Waals surface area contributed by atoms with E-state index in [4.69, 9.17) is 24.9 Å². The van der Waals surface area contributed by atoms with Crippen LogP contribution in [0, 0.1) is 11.8 Å². The van der Waals surface area contributed by atoms with E-state index in [1.165, 1.54) is 5.56 Å². The first kappa shape index (κ1) is 44.6. The Hall–Kier alpha value is -0.549. The van der Waals surface area contributed by atoms with E-state index in [-0.39, 0.29) is 38.7 Å². The lowest BCUT2D eigenvalue weighted by Crippen LogP contribution is -2.45. The van der Waals surface area contributed by atoms with Gasteiger partial charge in [-0.3, -0.25) is 4.79 Å². The number of unbranched alkanes of at least 4 members (excludes halogenated alkanes) is 1. The number of rotatable bonds is 18. The summed E-state index contributed by atoms with van der Waals surface area (Å²) in [6.45, 7) is 35.5. The van der Waals surface area contributed by atoms with Gasteiger partial charge in [-0.15, -0.1) is 0 Å². The van der Waals surface area contributed by atoms with Crippen LogP contribution in [0.15, 0.2) is 42.5 Å². The van der Waals surface area contributed by atoms with Gasteiger partial charge in [-0.05, 0) is 135 Å². The second kappa shape index (κ2) is 18.0. The summed E-state index contributed by atoms with van der Waals surface area (Å²) in [5.74, 6) is 0.762. The van der Waals surface area contributed by atoms with E-state index in [2.05, 4.69) is 144 Å². The monoisotopic (exact) mass is 750 g/mol. The fourth-order valence-electron chi connectivity index (χ4n) is 6.17. The van der Waals surface area contributed by atoms with Gasteiger partial charge in [0.2, 0.25) is 5.24 Å². The maximum Gasteiger partial charge on any atom is 0.221 e. The van der Waals surface area contributed by atoms with Crippen molar-refractivity contribution >= 4 is 41.8 Å². The summed E-state index contributed by atoms with van der Waals surface area (Å²) in [4.78, 5) is 11.3. The minimum Gasteiger partial charge on any atom is -0.414 e. The minimum atomic E-state index is -2.04. The summed E-state index contributed by atoms with van der Waals surface area (Å²) in [6, 6.07) is 10.9. The summed E-state index contributed by atoms with van der Waals surface area (Å²) in [5, 5.41) is 0.173. The van der Waals surface area contributed by atoms with Gasteiger partial charge >= 0.3 is 0 Å². The fraction of sp³-hybridized carbons (Fsp3) is 0.780. The van der Waals surface area contributed by atoms with Crippen molar-refractivity contribution in [2.24, 2.45) is 11.8 Å². The molecule has 1 aliphatic carbocycles. The van der Waals surface area contributed by atoms with Crippen LogP contribution in [-0.4, -0.2) is 48.5 Å². The Labute approximate surface area is 311 Å². The molecule has 1 saturated carbocycles. The number of aryl methyl sites for hydroxylation is 1. The van der Waals surface area contributed by atoms with Crippen LogP contribution < -0.4 is 0 Å². The van der Waals surface area contributed by atoms with Gasteiger partial charge in [-0.25, -0.2) is 0 Å². The first-order chi connectivity index (χ1) is 22.3. The Morgan fingerprint density at radius 1 is 0.776 bits per heavy atom. The highest BCUT2D eigenvalue weighted by Crippen LogP contribution is 2.49. The standard InChI is InChI=1S/C41H75ClO4Si3/c1-39(2,3)47(10,11)44-33(28-27-32-23-19-18-20-24-32)29-30-35-34(25-21-16-17-22-26-38(42)43)36(45-48(12,13)40(4,5)6)31-37(35)46-49(14,15)41(7,8)9/h16,18-21,23-24,33-37H,17,22,25-31H2,1-15H3/b21-16-/t33-,34-,35-,36?,37?/m1/s1. The van der Waals surface area contributed by atoms with E-state index in [0.717, 1.165) is 51.4 Å². The van der Waals surface area contributed by atoms with Gasteiger partial charge in [0.15, 0.2) is 25.0 Å². The summed E-state index contributed by atoms with van der Waals surface area (Å²) < 4.78 is 22.0. The van der Waals surface area contributed by atoms with Crippen LogP contribution in [0.25, 0.3) is 0 Å². The van der Waals surface area contributed by atoms with Crippen LogP contribution >= 0.6 is 11.6 Å². The van der Waals surface area contributed by atoms with E-state index in [0.29, 0.717) is 18.3 Å². The largest absolute Gasteiger partial charge is 0.414 e. The van der Waals surface area contributed by atoms with Crippen LogP contribution in [0.3, 0.4) is 0 Å². The van der Waals surface area contributed by atoms with E-state index in [9.17, 15) is 4.79 Å². The van der Waals surface area contributed by atoms with Crippen molar-refractivity contribution < 1.29 is 18.1 Å². The van der Waals surface area contributed by atoms with E-state index in [1.54, 1.807) is 0 Å². The second-order valence-electron chi connectivity index (χ2n) is 19.5. The highest BCUT2D eigenvalue weighted by atomic mass is 35.5. The normalized spacial score (nSPS) is 22.2. The Kier molecular flexibility index (Phi) is 16.4. The van der Waals surface area contributed by atoms with Crippen molar-refractivity contribution in [2.45, 2.75) is 193 Å². The van der Waals surface area contributed by atoms with Gasteiger partial charge in [0, 0.05) is 12.5 Å². The van der Waals surface area contributed by atoms with Gasteiger partial charge in [-0.1, -0.05) is 105 Å². The number of carbonyl (C=O) groups is 1. The molecule has 1 aromatic rings. The molecule has 0 spiro atoms. The van der Waals surface area contributed by atoms with Crippen LogP contribution in [0.1, 0.15) is 119 Å². The van der Waals surface area contributed by atoms with Gasteiger partial charge in [-0.2, -0.15) is 0 Å². The zero-order valence-electron chi connectivity index (χ0n) is 34.3. The lowest BCUT2D eigenvalue weighted by molar-refractivity contribution is -0.111. The first-order valence-corrected chi connectivity index (χ1v) is 28.3. The number of benzene rings is 1. The maximum absolute atomic E-state index is 11.3. The summed E-state index contributed by atoms with van der Waals surface area (Å²) in [7, 11) is -6.04. The molecule has 49 heavy (non-hydrogen) atoms. The number of allylic oxidation sites excluding steroid dienone is 2. The minimum absolute atomic E-state index is 0.134. The second-order valence-corrected chi connectivity index (χ2v) is 34.1. The Balaban J connectivity index is 2.49. The van der Waals surface area contributed by atoms with E-state index < -0.39 is 25.0 Å². The Bertz CT molecular complexity index is 1180. The first-order valence-electron chi connectivity index (χ1n) is 19.2. The smallest absolute Gasteiger partial charge is 0.221 e. The van der Waals surface area contributed by atoms with Crippen molar-refractivity contribution in [3.05, 3.63) is 48.0 Å². The molecule has 0 bridgehead atoms. The third-order valence-electron chi connectivity index (χ3n) is 12.5. The maximum atomic E-state index is 11.3. The molecule has 2 rings (SSSR count). The van der Waals surface area contributed by atoms with Gasteiger partial charge < -0.3 is 13.3 Å². The number of carbonyl (C=O) groups excluding carboxylic acids is 1. The van der Waals surface area contributed by atoms with E-state index in [1.807, 2.05) is 0 Å². The molecule has 4 nitrogen and oxygen atoms in total. The SMILES string of the molecule is CC(C)(C)[Si](C)(C)OC1CC(O[Si](C)(C)C(C)(C)C)[C@H](CC[C@@H](CCc2ccccc2)O[Si](C)(C)C(C)(C)C)[C@H]1C/C=C\CCCC(=O)Cl. The zero-order chi connectivity index (χ0) is 37.5. The summed E-state index contributed by atoms with van der Waals surface area (Å²) in [5.41, 5.74) is 1.38.